The monoisotopic (exact) mass is 382 g/mol. The highest BCUT2D eigenvalue weighted by Crippen LogP contribution is 2.40. The van der Waals surface area contributed by atoms with E-state index in [0.717, 1.165) is 12.5 Å². The zero-order valence-electron chi connectivity index (χ0n) is 18.9. The second kappa shape index (κ2) is 9.90. The van der Waals surface area contributed by atoms with E-state index < -0.39 is 8.32 Å². The Morgan fingerprint density at radius 2 is 1.54 bits per heavy atom. The Hall–Kier alpha value is -0.0982. The molecule has 0 aromatic carbocycles. The molecule has 0 aromatic rings. The standard InChI is InChI=1S/C21H43BO3Si/c1-10-11-12-13-14-15-16-19(17-26(8,9)23-18(2)3)22-24-20(4,5)21(6,7)25-22/h16,18H,10-15,17H2,1-9H3/b19-16-. The summed E-state index contributed by atoms with van der Waals surface area (Å²) in [6, 6.07) is 0.969. The summed E-state index contributed by atoms with van der Waals surface area (Å²) in [7, 11) is -2.04. The van der Waals surface area contributed by atoms with Crippen LogP contribution in [0.2, 0.25) is 19.1 Å². The number of allylic oxidation sites excluding steroid dienone is 2. The molecule has 1 aliphatic heterocycles. The normalized spacial score (nSPS) is 20.2. The molecule has 0 atom stereocenters. The van der Waals surface area contributed by atoms with E-state index in [9.17, 15) is 0 Å². The lowest BCUT2D eigenvalue weighted by molar-refractivity contribution is 0.00578. The quantitative estimate of drug-likeness (QED) is 0.300. The van der Waals surface area contributed by atoms with Crippen molar-refractivity contribution in [3.8, 4) is 0 Å². The molecule has 0 bridgehead atoms. The predicted molar refractivity (Wildman–Crippen MR) is 116 cm³/mol. The van der Waals surface area contributed by atoms with Crippen LogP contribution in [0.25, 0.3) is 0 Å². The van der Waals surface area contributed by atoms with Crippen molar-refractivity contribution < 1.29 is 13.7 Å². The smallest absolute Gasteiger partial charge is 0.415 e. The molecule has 0 unspecified atom stereocenters. The SMILES string of the molecule is CCCCCCC/C=C(/C[Si](C)(C)OC(C)C)B1OC(C)(C)C(C)(C)O1. The minimum Gasteiger partial charge on any atom is -0.415 e. The van der Waals surface area contributed by atoms with E-state index in [1.54, 1.807) is 0 Å². The molecule has 1 fully saturated rings. The highest BCUT2D eigenvalue weighted by atomic mass is 28.4. The number of hydrogen-bond acceptors (Lipinski definition) is 3. The van der Waals surface area contributed by atoms with Gasteiger partial charge in [-0.1, -0.05) is 38.7 Å². The van der Waals surface area contributed by atoms with Gasteiger partial charge < -0.3 is 13.7 Å². The highest BCUT2D eigenvalue weighted by Gasteiger charge is 2.52. The van der Waals surface area contributed by atoms with Crippen LogP contribution in [-0.4, -0.2) is 32.7 Å². The van der Waals surface area contributed by atoms with Crippen molar-refractivity contribution >= 4 is 15.4 Å². The first-order valence-electron chi connectivity index (χ1n) is 10.6. The van der Waals surface area contributed by atoms with E-state index in [4.69, 9.17) is 13.7 Å². The Labute approximate surface area is 164 Å². The lowest BCUT2D eigenvalue weighted by Gasteiger charge is -2.32. The maximum Gasteiger partial charge on any atom is 0.490 e. The summed E-state index contributed by atoms with van der Waals surface area (Å²) in [5.74, 6) is 0. The molecule has 0 spiro atoms. The second-order valence-corrected chi connectivity index (χ2v) is 13.8. The summed E-state index contributed by atoms with van der Waals surface area (Å²) >= 11 is 0. The van der Waals surface area contributed by atoms with Crippen molar-refractivity contribution in [3.63, 3.8) is 0 Å². The Morgan fingerprint density at radius 1 is 1.00 bits per heavy atom. The molecule has 0 saturated carbocycles. The summed E-state index contributed by atoms with van der Waals surface area (Å²) in [6.07, 6.45) is 10.3. The van der Waals surface area contributed by atoms with Crippen LogP contribution in [0.15, 0.2) is 11.5 Å². The summed E-state index contributed by atoms with van der Waals surface area (Å²) in [5, 5.41) is 0. The van der Waals surface area contributed by atoms with Crippen LogP contribution in [0.3, 0.4) is 0 Å². The van der Waals surface area contributed by atoms with Gasteiger partial charge in [0.2, 0.25) is 0 Å². The average molecular weight is 382 g/mol. The van der Waals surface area contributed by atoms with Gasteiger partial charge in [-0.25, -0.2) is 0 Å². The van der Waals surface area contributed by atoms with E-state index in [-0.39, 0.29) is 24.4 Å². The molecular weight excluding hydrogens is 339 g/mol. The van der Waals surface area contributed by atoms with E-state index in [0.29, 0.717) is 0 Å². The molecule has 1 rings (SSSR count). The van der Waals surface area contributed by atoms with E-state index in [2.05, 4.69) is 67.6 Å². The zero-order chi connectivity index (χ0) is 20.0. The fraction of sp³-hybridized carbons (Fsp3) is 0.905. The van der Waals surface area contributed by atoms with Crippen molar-refractivity contribution in [1.29, 1.82) is 0 Å². The molecule has 26 heavy (non-hydrogen) atoms. The lowest BCUT2D eigenvalue weighted by Crippen LogP contribution is -2.41. The third-order valence-corrected chi connectivity index (χ3v) is 7.82. The number of unbranched alkanes of at least 4 members (excludes halogenated alkanes) is 5. The van der Waals surface area contributed by atoms with Gasteiger partial charge in [0.1, 0.15) is 0 Å². The van der Waals surface area contributed by atoms with E-state index in [1.165, 1.54) is 37.6 Å². The summed E-state index contributed by atoms with van der Waals surface area (Å²) in [5.41, 5.74) is 0.710. The Morgan fingerprint density at radius 3 is 2.04 bits per heavy atom. The molecule has 0 aromatic heterocycles. The zero-order valence-corrected chi connectivity index (χ0v) is 19.9. The molecule has 5 heteroatoms. The van der Waals surface area contributed by atoms with Gasteiger partial charge in [-0.3, -0.25) is 0 Å². The third-order valence-electron chi connectivity index (χ3n) is 5.45. The average Bonchev–Trinajstić information content (AvgIpc) is 2.68. The number of hydrogen-bond donors (Lipinski definition) is 0. The molecule has 0 radical (unpaired) electrons. The first-order chi connectivity index (χ1) is 11.9. The topological polar surface area (TPSA) is 27.7 Å². The number of rotatable bonds is 11. The first kappa shape index (κ1) is 23.9. The van der Waals surface area contributed by atoms with Crippen molar-refractivity contribution in [3.05, 3.63) is 11.5 Å². The summed E-state index contributed by atoms with van der Waals surface area (Å²) in [4.78, 5) is 0. The summed E-state index contributed by atoms with van der Waals surface area (Å²) < 4.78 is 19.0. The maximum absolute atomic E-state index is 6.35. The van der Waals surface area contributed by atoms with E-state index >= 15 is 0 Å². The lowest BCUT2D eigenvalue weighted by atomic mass is 9.78. The van der Waals surface area contributed by atoms with Crippen LogP contribution in [0.1, 0.15) is 87.0 Å². The van der Waals surface area contributed by atoms with Crippen molar-refractivity contribution in [2.24, 2.45) is 0 Å². The molecule has 0 aliphatic carbocycles. The molecule has 0 N–H and O–H groups in total. The molecule has 1 heterocycles. The van der Waals surface area contributed by atoms with Gasteiger partial charge in [0.05, 0.1) is 11.2 Å². The fourth-order valence-corrected chi connectivity index (χ4v) is 6.11. The fourth-order valence-electron chi connectivity index (χ4n) is 3.45. The van der Waals surface area contributed by atoms with Crippen LogP contribution in [0.4, 0.5) is 0 Å². The van der Waals surface area contributed by atoms with Gasteiger partial charge in [0.15, 0.2) is 8.32 Å². The van der Waals surface area contributed by atoms with Crippen LogP contribution in [0, 0.1) is 0 Å². The van der Waals surface area contributed by atoms with Gasteiger partial charge in [-0.15, -0.1) is 0 Å². The van der Waals surface area contributed by atoms with Gasteiger partial charge in [-0.2, -0.15) is 0 Å². The van der Waals surface area contributed by atoms with Crippen molar-refractivity contribution in [1.82, 2.24) is 0 Å². The Balaban J connectivity index is 2.82. The Kier molecular flexibility index (Phi) is 9.12. The van der Waals surface area contributed by atoms with Gasteiger partial charge in [-0.05, 0) is 79.0 Å². The van der Waals surface area contributed by atoms with Crippen molar-refractivity contribution in [2.75, 3.05) is 0 Å². The molecular formula is C21H43BO3Si. The molecule has 152 valence electrons. The predicted octanol–water partition coefficient (Wildman–Crippen LogP) is 6.53. The van der Waals surface area contributed by atoms with Gasteiger partial charge >= 0.3 is 7.12 Å². The maximum atomic E-state index is 6.35. The highest BCUT2D eigenvalue weighted by molar-refractivity contribution is 6.74. The first-order valence-corrected chi connectivity index (χ1v) is 13.7. The second-order valence-electron chi connectivity index (χ2n) is 9.67. The van der Waals surface area contributed by atoms with Crippen LogP contribution >= 0.6 is 0 Å². The van der Waals surface area contributed by atoms with Crippen LogP contribution in [0.5, 0.6) is 0 Å². The molecule has 0 amide bonds. The van der Waals surface area contributed by atoms with Gasteiger partial charge in [0, 0.05) is 6.10 Å². The molecule has 3 nitrogen and oxygen atoms in total. The van der Waals surface area contributed by atoms with Crippen molar-refractivity contribution in [2.45, 2.75) is 123 Å². The molecule has 1 saturated heterocycles. The minimum absolute atomic E-state index is 0.238. The van der Waals surface area contributed by atoms with Crippen LogP contribution in [-0.2, 0) is 13.7 Å². The van der Waals surface area contributed by atoms with E-state index in [1.807, 2.05) is 0 Å². The summed E-state index contributed by atoms with van der Waals surface area (Å²) in [6.45, 7) is 19.6. The van der Waals surface area contributed by atoms with Crippen LogP contribution < -0.4 is 0 Å². The van der Waals surface area contributed by atoms with Gasteiger partial charge in [0.25, 0.3) is 0 Å². The largest absolute Gasteiger partial charge is 0.490 e. The minimum atomic E-state index is -1.80. The third kappa shape index (κ3) is 7.49. The Bertz CT molecular complexity index is 442. The molecule has 1 aliphatic rings.